The minimum atomic E-state index is -0.181. The second kappa shape index (κ2) is 8.22. The van der Waals surface area contributed by atoms with Gasteiger partial charge in [-0.3, -0.25) is 14.5 Å². The molecule has 1 fully saturated rings. The molecule has 0 unspecified atom stereocenters. The van der Waals surface area contributed by atoms with E-state index >= 15 is 0 Å². The summed E-state index contributed by atoms with van der Waals surface area (Å²) in [5.74, 6) is -0.350. The molecule has 2 aliphatic heterocycles. The Morgan fingerprint density at radius 2 is 1.45 bits per heavy atom. The summed E-state index contributed by atoms with van der Waals surface area (Å²) in [5, 5.41) is 0. The zero-order valence-electron chi connectivity index (χ0n) is 19.1. The summed E-state index contributed by atoms with van der Waals surface area (Å²) in [6.45, 7) is 13.0. The van der Waals surface area contributed by atoms with Crippen molar-refractivity contribution in [3.05, 3.63) is 70.4 Å². The summed E-state index contributed by atoms with van der Waals surface area (Å²) in [6, 6.07) is 14.4. The summed E-state index contributed by atoms with van der Waals surface area (Å²) >= 11 is 0. The maximum Gasteiger partial charge on any atom is 0.278 e. The zero-order valence-corrected chi connectivity index (χ0v) is 19.1. The lowest BCUT2D eigenvalue weighted by atomic mass is 9.99. The highest BCUT2D eigenvalue weighted by Crippen LogP contribution is 2.34. The molecule has 0 N–H and O–H groups in total. The second-order valence-electron chi connectivity index (χ2n) is 8.91. The van der Waals surface area contributed by atoms with E-state index in [4.69, 9.17) is 0 Å². The number of carbonyl (C=O) groups excluding carboxylic acids is 2. The quantitative estimate of drug-likeness (QED) is 0.708. The van der Waals surface area contributed by atoms with Crippen LogP contribution >= 0.6 is 0 Å². The van der Waals surface area contributed by atoms with Crippen LogP contribution in [0.15, 0.2) is 48.2 Å². The van der Waals surface area contributed by atoms with Gasteiger partial charge in [0.15, 0.2) is 0 Å². The number of piperazine rings is 1. The van der Waals surface area contributed by atoms with Crippen molar-refractivity contribution in [2.75, 3.05) is 31.1 Å². The molecule has 31 heavy (non-hydrogen) atoms. The van der Waals surface area contributed by atoms with Crippen molar-refractivity contribution in [1.82, 2.24) is 9.80 Å². The van der Waals surface area contributed by atoms with Gasteiger partial charge >= 0.3 is 0 Å². The molecule has 0 aromatic heterocycles. The van der Waals surface area contributed by atoms with Crippen LogP contribution in [0, 0.1) is 20.8 Å². The lowest BCUT2D eigenvalue weighted by molar-refractivity contribution is -0.139. The molecular weight excluding hydrogens is 386 g/mol. The largest absolute Gasteiger partial charge is 0.368 e. The summed E-state index contributed by atoms with van der Waals surface area (Å²) in [5.41, 5.74) is 6.69. The van der Waals surface area contributed by atoms with Crippen molar-refractivity contribution in [2.24, 2.45) is 0 Å². The standard InChI is InChI=1S/C26H31N3O2/c1-17(2)29-25(30)23(21-10-9-19(4)20(5)16-21)24(26(29)31)28-13-11-27(12-14-28)22-8-6-7-18(3)15-22/h6-10,15-17H,11-14H2,1-5H3. The summed E-state index contributed by atoms with van der Waals surface area (Å²) < 4.78 is 0. The van der Waals surface area contributed by atoms with E-state index in [0.29, 0.717) is 24.4 Å². The molecule has 2 aromatic carbocycles. The number of aryl methyl sites for hydroxylation is 3. The zero-order chi connectivity index (χ0) is 22.3. The Bertz CT molecular complexity index is 1060. The summed E-state index contributed by atoms with van der Waals surface area (Å²) in [7, 11) is 0. The first-order valence-electron chi connectivity index (χ1n) is 11.0. The minimum Gasteiger partial charge on any atom is -0.368 e. The van der Waals surface area contributed by atoms with E-state index in [-0.39, 0.29) is 17.9 Å². The Hall–Kier alpha value is -3.08. The number of benzene rings is 2. The molecule has 5 nitrogen and oxygen atoms in total. The number of hydrogen-bond acceptors (Lipinski definition) is 4. The number of amides is 2. The summed E-state index contributed by atoms with van der Waals surface area (Å²) in [4.78, 5) is 32.6. The number of rotatable bonds is 4. The van der Waals surface area contributed by atoms with Gasteiger partial charge in [-0.25, -0.2) is 0 Å². The van der Waals surface area contributed by atoms with Gasteiger partial charge in [0.2, 0.25) is 0 Å². The first-order valence-corrected chi connectivity index (χ1v) is 11.0. The molecule has 0 atom stereocenters. The summed E-state index contributed by atoms with van der Waals surface area (Å²) in [6.07, 6.45) is 0. The van der Waals surface area contributed by atoms with Crippen LogP contribution in [0.3, 0.4) is 0 Å². The van der Waals surface area contributed by atoms with Crippen LogP contribution in [0.2, 0.25) is 0 Å². The SMILES string of the molecule is Cc1cccc(N2CCN(C3=C(c4ccc(C)c(C)c4)C(=O)N(C(C)C)C3=O)CC2)c1. The van der Waals surface area contributed by atoms with Crippen LogP contribution in [0.5, 0.6) is 0 Å². The van der Waals surface area contributed by atoms with Crippen molar-refractivity contribution in [3.63, 3.8) is 0 Å². The van der Waals surface area contributed by atoms with E-state index < -0.39 is 0 Å². The molecule has 1 saturated heterocycles. The van der Waals surface area contributed by atoms with Gasteiger partial charge in [0.25, 0.3) is 11.8 Å². The molecule has 2 aliphatic rings. The van der Waals surface area contributed by atoms with E-state index in [1.807, 2.05) is 39.0 Å². The number of anilines is 1. The maximum atomic E-state index is 13.4. The number of nitrogens with zero attached hydrogens (tertiary/aromatic N) is 3. The average molecular weight is 418 g/mol. The molecule has 0 bridgehead atoms. The van der Waals surface area contributed by atoms with E-state index in [1.165, 1.54) is 21.7 Å². The predicted molar refractivity (Wildman–Crippen MR) is 125 cm³/mol. The number of carbonyl (C=O) groups is 2. The van der Waals surface area contributed by atoms with Crippen molar-refractivity contribution in [3.8, 4) is 0 Å². The topological polar surface area (TPSA) is 43.9 Å². The molecule has 2 aromatic rings. The van der Waals surface area contributed by atoms with Gasteiger partial charge in [0, 0.05) is 37.9 Å². The van der Waals surface area contributed by atoms with Gasteiger partial charge in [-0.05, 0) is 69.0 Å². The molecule has 2 amide bonds. The van der Waals surface area contributed by atoms with Gasteiger partial charge in [-0.15, -0.1) is 0 Å². The number of imide groups is 1. The average Bonchev–Trinajstić information content (AvgIpc) is 3.00. The second-order valence-corrected chi connectivity index (χ2v) is 8.91. The lowest BCUT2D eigenvalue weighted by Crippen LogP contribution is -2.48. The molecule has 0 aliphatic carbocycles. The third-order valence-corrected chi connectivity index (χ3v) is 6.37. The van der Waals surface area contributed by atoms with Crippen LogP contribution in [-0.2, 0) is 9.59 Å². The van der Waals surface area contributed by atoms with Crippen molar-refractivity contribution >= 4 is 23.1 Å². The fourth-order valence-corrected chi connectivity index (χ4v) is 4.47. The molecular formula is C26H31N3O2. The van der Waals surface area contributed by atoms with Crippen molar-refractivity contribution < 1.29 is 9.59 Å². The molecule has 0 radical (unpaired) electrons. The Kier molecular flexibility index (Phi) is 5.61. The Labute approximate surface area is 184 Å². The Morgan fingerprint density at radius 3 is 2.06 bits per heavy atom. The fourth-order valence-electron chi connectivity index (χ4n) is 4.47. The van der Waals surface area contributed by atoms with Crippen LogP contribution in [0.25, 0.3) is 5.57 Å². The first-order chi connectivity index (χ1) is 14.8. The van der Waals surface area contributed by atoms with E-state index in [9.17, 15) is 9.59 Å². The monoisotopic (exact) mass is 417 g/mol. The van der Waals surface area contributed by atoms with Gasteiger partial charge < -0.3 is 9.80 Å². The third-order valence-electron chi connectivity index (χ3n) is 6.37. The van der Waals surface area contributed by atoms with Crippen LogP contribution in [0.1, 0.15) is 36.1 Å². The minimum absolute atomic E-state index is 0.169. The Balaban J connectivity index is 1.67. The van der Waals surface area contributed by atoms with Crippen LogP contribution < -0.4 is 4.90 Å². The molecule has 0 spiro atoms. The molecule has 5 heteroatoms. The molecule has 2 heterocycles. The first kappa shape index (κ1) is 21.2. The van der Waals surface area contributed by atoms with Crippen LogP contribution in [-0.4, -0.2) is 53.8 Å². The molecule has 0 saturated carbocycles. The Morgan fingerprint density at radius 1 is 0.774 bits per heavy atom. The van der Waals surface area contributed by atoms with Crippen molar-refractivity contribution in [2.45, 2.75) is 40.7 Å². The van der Waals surface area contributed by atoms with Gasteiger partial charge in [0.05, 0.1) is 5.57 Å². The molecule has 4 rings (SSSR count). The van der Waals surface area contributed by atoms with Crippen molar-refractivity contribution in [1.29, 1.82) is 0 Å². The molecule has 162 valence electrons. The highest BCUT2D eigenvalue weighted by atomic mass is 16.2. The van der Waals surface area contributed by atoms with Gasteiger partial charge in [0.1, 0.15) is 5.70 Å². The van der Waals surface area contributed by atoms with Gasteiger partial charge in [-0.2, -0.15) is 0 Å². The lowest BCUT2D eigenvalue weighted by Gasteiger charge is -2.38. The smallest absolute Gasteiger partial charge is 0.278 e. The third kappa shape index (κ3) is 3.85. The van der Waals surface area contributed by atoms with E-state index in [1.54, 1.807) is 0 Å². The van der Waals surface area contributed by atoms with E-state index in [2.05, 4.69) is 47.9 Å². The maximum absolute atomic E-state index is 13.4. The highest BCUT2D eigenvalue weighted by molar-refractivity contribution is 6.35. The van der Waals surface area contributed by atoms with Gasteiger partial charge in [-0.1, -0.05) is 30.3 Å². The van der Waals surface area contributed by atoms with E-state index in [0.717, 1.165) is 24.2 Å². The normalized spacial score (nSPS) is 17.4. The fraction of sp³-hybridized carbons (Fsp3) is 0.385. The van der Waals surface area contributed by atoms with Crippen LogP contribution in [0.4, 0.5) is 5.69 Å². The number of hydrogen-bond donors (Lipinski definition) is 0. The predicted octanol–water partition coefficient (Wildman–Crippen LogP) is 3.92. The highest BCUT2D eigenvalue weighted by Gasteiger charge is 2.43.